The Morgan fingerprint density at radius 3 is 2.95 bits per heavy atom. The van der Waals surface area contributed by atoms with Gasteiger partial charge < -0.3 is 5.11 Å². The lowest BCUT2D eigenvalue weighted by molar-refractivity contribution is -0.141. The van der Waals surface area contributed by atoms with Crippen LogP contribution in [0.3, 0.4) is 0 Å². The summed E-state index contributed by atoms with van der Waals surface area (Å²) in [7, 11) is 1.92. The second kappa shape index (κ2) is 6.27. The molecule has 2 aromatic heterocycles. The molecule has 1 N–H and O–H groups in total. The first-order chi connectivity index (χ1) is 9.06. The third kappa shape index (κ3) is 3.86. The fourth-order valence-electron chi connectivity index (χ4n) is 1.79. The molecular formula is C13H16N2O2S2. The summed E-state index contributed by atoms with van der Waals surface area (Å²) in [5.41, 5.74) is 2.15. The molecule has 0 saturated carbocycles. The van der Waals surface area contributed by atoms with Crippen LogP contribution in [0.15, 0.2) is 22.2 Å². The second-order valence-electron chi connectivity index (χ2n) is 4.59. The van der Waals surface area contributed by atoms with E-state index in [0.717, 1.165) is 16.3 Å². The molecule has 2 aromatic rings. The molecule has 0 amide bonds. The molecule has 0 spiro atoms. The summed E-state index contributed by atoms with van der Waals surface area (Å²) in [4.78, 5) is 17.4. The van der Waals surface area contributed by atoms with Crippen molar-refractivity contribution >= 4 is 28.6 Å². The number of aliphatic carboxylic acids is 1. The number of carbonyl (C=O) groups is 1. The molecule has 4 nitrogen and oxygen atoms in total. The van der Waals surface area contributed by atoms with Crippen LogP contribution < -0.4 is 0 Å². The van der Waals surface area contributed by atoms with Gasteiger partial charge in [0.15, 0.2) is 0 Å². The number of aromatic nitrogens is 1. The molecule has 19 heavy (non-hydrogen) atoms. The van der Waals surface area contributed by atoms with Gasteiger partial charge in [-0.1, -0.05) is 6.92 Å². The normalized spacial score (nSPS) is 12.8. The summed E-state index contributed by atoms with van der Waals surface area (Å²) >= 11 is 3.29. The highest BCUT2D eigenvalue weighted by Crippen LogP contribution is 2.26. The Labute approximate surface area is 120 Å². The molecule has 0 aliphatic rings. The van der Waals surface area contributed by atoms with Crippen LogP contribution in [-0.2, 0) is 11.3 Å². The van der Waals surface area contributed by atoms with E-state index in [2.05, 4.69) is 16.4 Å². The highest BCUT2D eigenvalue weighted by Gasteiger charge is 2.14. The number of hydrogen-bond acceptors (Lipinski definition) is 5. The summed E-state index contributed by atoms with van der Waals surface area (Å²) in [6, 6.07) is 2.06. The fourth-order valence-corrected chi connectivity index (χ4v) is 3.31. The van der Waals surface area contributed by atoms with Gasteiger partial charge in [0.2, 0.25) is 0 Å². The molecule has 6 heteroatoms. The smallest absolute Gasteiger partial charge is 0.307 e. The van der Waals surface area contributed by atoms with Crippen LogP contribution in [0.1, 0.15) is 12.6 Å². The van der Waals surface area contributed by atoms with Gasteiger partial charge in [0.05, 0.1) is 11.6 Å². The van der Waals surface area contributed by atoms with E-state index in [-0.39, 0.29) is 5.92 Å². The Balaban J connectivity index is 1.95. The predicted octanol–water partition coefficient (Wildman–Crippen LogP) is 3.02. The molecule has 2 heterocycles. The van der Waals surface area contributed by atoms with E-state index in [4.69, 9.17) is 5.11 Å². The fraction of sp³-hybridized carbons (Fsp3) is 0.385. The number of carboxylic acid groups (broad SMARTS) is 1. The Hall–Kier alpha value is -1.24. The first-order valence-electron chi connectivity index (χ1n) is 5.94. The van der Waals surface area contributed by atoms with Crippen LogP contribution in [0.25, 0.3) is 10.6 Å². The van der Waals surface area contributed by atoms with Crippen LogP contribution in [0.5, 0.6) is 0 Å². The Morgan fingerprint density at radius 1 is 1.53 bits per heavy atom. The van der Waals surface area contributed by atoms with E-state index in [1.165, 1.54) is 0 Å². The van der Waals surface area contributed by atoms with Gasteiger partial charge in [-0.15, -0.1) is 11.3 Å². The minimum atomic E-state index is -0.760. The summed E-state index contributed by atoms with van der Waals surface area (Å²) in [5, 5.41) is 16.1. The molecule has 0 radical (unpaired) electrons. The van der Waals surface area contributed by atoms with Gasteiger partial charge in [0.1, 0.15) is 5.01 Å². The maximum atomic E-state index is 10.8. The minimum Gasteiger partial charge on any atom is -0.481 e. The molecule has 102 valence electrons. The third-order valence-electron chi connectivity index (χ3n) is 2.76. The molecule has 0 fully saturated rings. The topological polar surface area (TPSA) is 53.4 Å². The van der Waals surface area contributed by atoms with Gasteiger partial charge >= 0.3 is 5.97 Å². The average molecular weight is 296 g/mol. The third-order valence-corrected chi connectivity index (χ3v) is 4.38. The number of hydrogen-bond donors (Lipinski definition) is 1. The van der Waals surface area contributed by atoms with Crippen molar-refractivity contribution in [2.24, 2.45) is 5.92 Å². The van der Waals surface area contributed by atoms with Crippen LogP contribution in [0, 0.1) is 5.92 Å². The lowest BCUT2D eigenvalue weighted by Crippen LogP contribution is -2.28. The highest BCUT2D eigenvalue weighted by atomic mass is 32.1. The maximum absolute atomic E-state index is 10.8. The molecule has 0 aliphatic carbocycles. The second-order valence-corrected chi connectivity index (χ2v) is 6.23. The van der Waals surface area contributed by atoms with E-state index in [1.54, 1.807) is 29.6 Å². The molecule has 0 saturated heterocycles. The van der Waals surface area contributed by atoms with Crippen LogP contribution >= 0.6 is 22.7 Å². The van der Waals surface area contributed by atoms with Gasteiger partial charge in [-0.25, -0.2) is 4.98 Å². The van der Waals surface area contributed by atoms with Crippen molar-refractivity contribution in [2.45, 2.75) is 13.5 Å². The molecule has 0 bridgehead atoms. The molecule has 2 rings (SSSR count). The highest BCUT2D eigenvalue weighted by molar-refractivity contribution is 7.14. The zero-order valence-corrected chi connectivity index (χ0v) is 12.5. The van der Waals surface area contributed by atoms with Crippen molar-refractivity contribution in [1.29, 1.82) is 0 Å². The van der Waals surface area contributed by atoms with Gasteiger partial charge in [-0.05, 0) is 18.5 Å². The molecule has 0 aliphatic heterocycles. The zero-order chi connectivity index (χ0) is 13.8. The predicted molar refractivity (Wildman–Crippen MR) is 78.6 cm³/mol. The van der Waals surface area contributed by atoms with Crippen molar-refractivity contribution < 1.29 is 9.90 Å². The van der Waals surface area contributed by atoms with Gasteiger partial charge in [0, 0.05) is 29.4 Å². The summed E-state index contributed by atoms with van der Waals surface area (Å²) in [5.74, 6) is -1.12. The maximum Gasteiger partial charge on any atom is 0.307 e. The number of rotatable bonds is 6. The van der Waals surface area contributed by atoms with E-state index in [1.807, 2.05) is 22.7 Å². The Morgan fingerprint density at radius 2 is 2.32 bits per heavy atom. The molecule has 0 aromatic carbocycles. The van der Waals surface area contributed by atoms with Crippen LogP contribution in [0.2, 0.25) is 0 Å². The van der Waals surface area contributed by atoms with Crippen molar-refractivity contribution in [3.63, 3.8) is 0 Å². The molecular weight excluding hydrogens is 280 g/mol. The van der Waals surface area contributed by atoms with Crippen molar-refractivity contribution in [3.05, 3.63) is 27.9 Å². The zero-order valence-electron chi connectivity index (χ0n) is 10.9. The monoisotopic (exact) mass is 296 g/mol. The van der Waals surface area contributed by atoms with E-state index in [0.29, 0.717) is 13.1 Å². The van der Waals surface area contributed by atoms with E-state index < -0.39 is 5.97 Å². The quantitative estimate of drug-likeness (QED) is 0.890. The lowest BCUT2D eigenvalue weighted by Gasteiger charge is -2.17. The van der Waals surface area contributed by atoms with Gasteiger partial charge in [-0.3, -0.25) is 9.69 Å². The Kier molecular flexibility index (Phi) is 4.68. The molecule has 1 unspecified atom stereocenters. The van der Waals surface area contributed by atoms with Gasteiger partial charge in [0.25, 0.3) is 0 Å². The average Bonchev–Trinajstić information content (AvgIpc) is 2.97. The van der Waals surface area contributed by atoms with E-state index >= 15 is 0 Å². The summed E-state index contributed by atoms with van der Waals surface area (Å²) in [6.45, 7) is 2.93. The lowest BCUT2D eigenvalue weighted by atomic mass is 10.2. The summed E-state index contributed by atoms with van der Waals surface area (Å²) < 4.78 is 0. The summed E-state index contributed by atoms with van der Waals surface area (Å²) in [6.07, 6.45) is 0. The minimum absolute atomic E-state index is 0.361. The van der Waals surface area contributed by atoms with E-state index in [9.17, 15) is 4.79 Å². The van der Waals surface area contributed by atoms with Crippen molar-refractivity contribution in [3.8, 4) is 10.6 Å². The first kappa shape index (κ1) is 14.2. The number of carboxylic acids is 1. The standard InChI is InChI=1S/C13H16N2O2S2/c1-9(13(16)17)5-15(2)6-11-8-19-12(14-11)10-3-4-18-7-10/h3-4,7-9H,5-6H2,1-2H3,(H,16,17). The van der Waals surface area contributed by atoms with Crippen LogP contribution in [0.4, 0.5) is 0 Å². The largest absolute Gasteiger partial charge is 0.481 e. The van der Waals surface area contributed by atoms with Gasteiger partial charge in [-0.2, -0.15) is 11.3 Å². The first-order valence-corrected chi connectivity index (χ1v) is 7.77. The van der Waals surface area contributed by atoms with Crippen molar-refractivity contribution in [2.75, 3.05) is 13.6 Å². The molecule has 1 atom stereocenters. The number of thiophene rings is 1. The van der Waals surface area contributed by atoms with Crippen LogP contribution in [-0.4, -0.2) is 34.6 Å². The number of thiazole rings is 1. The SMILES string of the molecule is CC(CN(C)Cc1csc(-c2ccsc2)n1)C(=O)O. The Bertz CT molecular complexity index is 537. The number of nitrogens with zero attached hydrogens (tertiary/aromatic N) is 2. The van der Waals surface area contributed by atoms with Crippen molar-refractivity contribution in [1.82, 2.24) is 9.88 Å².